The maximum Gasteiger partial charge on any atom is 0.215 e. The first kappa shape index (κ1) is 10.1. The van der Waals surface area contributed by atoms with Gasteiger partial charge in [-0.3, -0.25) is 4.40 Å². The quantitative estimate of drug-likeness (QED) is 0.624. The van der Waals surface area contributed by atoms with Gasteiger partial charge >= 0.3 is 0 Å². The molecule has 0 aliphatic rings. The molecule has 1 aromatic carbocycles. The van der Waals surface area contributed by atoms with Crippen LogP contribution < -0.4 is 0 Å². The molecule has 0 unspecified atom stereocenters. The number of fused-ring (bicyclic) bond motifs is 3. The molecule has 0 saturated heterocycles. The average molecular weight is 225 g/mol. The lowest BCUT2D eigenvalue weighted by atomic mass is 10.2. The van der Waals surface area contributed by atoms with Crippen LogP contribution in [0.2, 0.25) is 0 Å². The minimum atomic E-state index is 0.957. The van der Waals surface area contributed by atoms with Gasteiger partial charge in [-0.15, -0.1) is 0 Å². The molecule has 3 nitrogen and oxygen atoms in total. The maximum atomic E-state index is 4.61. The highest BCUT2D eigenvalue weighted by molar-refractivity contribution is 5.82. The molecule has 0 radical (unpaired) electrons. The Morgan fingerprint density at radius 3 is 2.71 bits per heavy atom. The SMILES string of the molecule is C=Cc1nc2n(C)c3ccc(C)cc3n2c1C. The van der Waals surface area contributed by atoms with Crippen LogP contribution in [0.15, 0.2) is 24.8 Å². The molecule has 0 bridgehead atoms. The molecule has 17 heavy (non-hydrogen) atoms. The summed E-state index contributed by atoms with van der Waals surface area (Å²) in [6.45, 7) is 8.00. The minimum absolute atomic E-state index is 0.957. The molecule has 0 fully saturated rings. The monoisotopic (exact) mass is 225 g/mol. The lowest BCUT2D eigenvalue weighted by molar-refractivity contribution is 0.966. The fourth-order valence-electron chi connectivity index (χ4n) is 2.41. The fourth-order valence-corrected chi connectivity index (χ4v) is 2.41. The second-order valence-corrected chi connectivity index (χ2v) is 4.47. The minimum Gasteiger partial charge on any atom is -0.313 e. The highest BCUT2D eigenvalue weighted by Crippen LogP contribution is 2.24. The summed E-state index contributed by atoms with van der Waals surface area (Å²) in [5.74, 6) is 0.970. The molecule has 0 spiro atoms. The number of rotatable bonds is 1. The Hall–Kier alpha value is -2.03. The molecule has 86 valence electrons. The number of aromatic nitrogens is 3. The van der Waals surface area contributed by atoms with Crippen molar-refractivity contribution in [1.82, 2.24) is 14.0 Å². The van der Waals surface area contributed by atoms with E-state index in [4.69, 9.17) is 0 Å². The van der Waals surface area contributed by atoms with Crippen LogP contribution >= 0.6 is 0 Å². The fraction of sp³-hybridized carbons (Fsp3) is 0.214. The lowest BCUT2D eigenvalue weighted by Gasteiger charge is -1.98. The zero-order valence-electron chi connectivity index (χ0n) is 10.4. The zero-order chi connectivity index (χ0) is 12.2. The standard InChI is InChI=1S/C14H15N3/c1-5-11-10(3)17-13-8-9(2)6-7-12(13)16(4)14(17)15-11/h5-8H,1H2,2-4H3. The molecule has 0 aliphatic carbocycles. The van der Waals surface area contributed by atoms with Crippen molar-refractivity contribution in [3.8, 4) is 0 Å². The van der Waals surface area contributed by atoms with Crippen molar-refractivity contribution in [1.29, 1.82) is 0 Å². The summed E-state index contributed by atoms with van der Waals surface area (Å²) in [4.78, 5) is 4.61. The van der Waals surface area contributed by atoms with Crippen LogP contribution in [0.25, 0.3) is 22.9 Å². The van der Waals surface area contributed by atoms with E-state index in [0.29, 0.717) is 0 Å². The Kier molecular flexibility index (Phi) is 1.93. The van der Waals surface area contributed by atoms with Crippen molar-refractivity contribution in [2.24, 2.45) is 7.05 Å². The van der Waals surface area contributed by atoms with Crippen molar-refractivity contribution in [2.45, 2.75) is 13.8 Å². The Balaban J connectivity index is 2.60. The van der Waals surface area contributed by atoms with E-state index in [9.17, 15) is 0 Å². The summed E-state index contributed by atoms with van der Waals surface area (Å²) in [5, 5.41) is 0. The van der Waals surface area contributed by atoms with Crippen LogP contribution in [0.5, 0.6) is 0 Å². The molecular weight excluding hydrogens is 210 g/mol. The van der Waals surface area contributed by atoms with Gasteiger partial charge in [-0.25, -0.2) is 4.98 Å². The number of hydrogen-bond donors (Lipinski definition) is 0. The molecular formula is C14H15N3. The topological polar surface area (TPSA) is 22.2 Å². The van der Waals surface area contributed by atoms with E-state index >= 15 is 0 Å². The Labute approximate surface area is 100 Å². The van der Waals surface area contributed by atoms with E-state index in [-0.39, 0.29) is 0 Å². The smallest absolute Gasteiger partial charge is 0.215 e. The Morgan fingerprint density at radius 1 is 1.24 bits per heavy atom. The third-order valence-corrected chi connectivity index (χ3v) is 3.35. The third-order valence-electron chi connectivity index (χ3n) is 3.35. The predicted molar refractivity (Wildman–Crippen MR) is 71.2 cm³/mol. The Bertz CT molecular complexity index is 744. The average Bonchev–Trinajstić information content (AvgIpc) is 2.77. The number of imidazole rings is 2. The lowest BCUT2D eigenvalue weighted by Crippen LogP contribution is -1.88. The van der Waals surface area contributed by atoms with Gasteiger partial charge in [-0.05, 0) is 37.6 Å². The van der Waals surface area contributed by atoms with Gasteiger partial charge in [0, 0.05) is 12.7 Å². The van der Waals surface area contributed by atoms with Crippen LogP contribution in [0.3, 0.4) is 0 Å². The molecule has 3 aromatic rings. The predicted octanol–water partition coefficient (Wildman–Crippen LogP) is 3.09. The zero-order valence-corrected chi connectivity index (χ0v) is 10.4. The van der Waals surface area contributed by atoms with Gasteiger partial charge in [0.2, 0.25) is 5.78 Å². The van der Waals surface area contributed by atoms with Crippen LogP contribution in [0.4, 0.5) is 0 Å². The van der Waals surface area contributed by atoms with Crippen molar-refractivity contribution in [3.63, 3.8) is 0 Å². The van der Waals surface area contributed by atoms with Gasteiger partial charge in [0.05, 0.1) is 16.7 Å². The normalized spacial score (nSPS) is 11.5. The number of hydrogen-bond acceptors (Lipinski definition) is 1. The number of nitrogens with zero attached hydrogens (tertiary/aromatic N) is 3. The summed E-state index contributed by atoms with van der Waals surface area (Å²) in [5.41, 5.74) is 5.78. The third kappa shape index (κ3) is 1.19. The van der Waals surface area contributed by atoms with Gasteiger partial charge in [-0.1, -0.05) is 12.6 Å². The Morgan fingerprint density at radius 2 is 2.00 bits per heavy atom. The van der Waals surface area contributed by atoms with Gasteiger partial charge in [-0.2, -0.15) is 0 Å². The van der Waals surface area contributed by atoms with Crippen molar-refractivity contribution in [3.05, 3.63) is 41.7 Å². The number of aryl methyl sites for hydroxylation is 3. The van der Waals surface area contributed by atoms with E-state index in [1.54, 1.807) is 0 Å². The van der Waals surface area contributed by atoms with E-state index in [2.05, 4.69) is 52.6 Å². The molecule has 3 heteroatoms. The van der Waals surface area contributed by atoms with Gasteiger partial charge in [0.25, 0.3) is 0 Å². The summed E-state index contributed by atoms with van der Waals surface area (Å²) in [7, 11) is 2.05. The first-order valence-electron chi connectivity index (χ1n) is 5.70. The van der Waals surface area contributed by atoms with Crippen LogP contribution in [0.1, 0.15) is 17.0 Å². The largest absolute Gasteiger partial charge is 0.313 e. The van der Waals surface area contributed by atoms with Crippen LogP contribution in [-0.4, -0.2) is 14.0 Å². The molecule has 0 atom stereocenters. The molecule has 2 aromatic heterocycles. The van der Waals surface area contributed by atoms with Crippen LogP contribution in [0, 0.1) is 13.8 Å². The number of benzene rings is 1. The van der Waals surface area contributed by atoms with E-state index in [0.717, 1.165) is 17.2 Å². The molecule has 2 heterocycles. The maximum absolute atomic E-state index is 4.61. The van der Waals surface area contributed by atoms with E-state index in [1.165, 1.54) is 16.6 Å². The first-order valence-corrected chi connectivity index (χ1v) is 5.70. The van der Waals surface area contributed by atoms with Crippen LogP contribution in [-0.2, 0) is 7.05 Å². The molecule has 0 saturated carbocycles. The second kappa shape index (κ2) is 3.23. The van der Waals surface area contributed by atoms with Gasteiger partial charge < -0.3 is 4.57 Å². The summed E-state index contributed by atoms with van der Waals surface area (Å²) >= 11 is 0. The summed E-state index contributed by atoms with van der Waals surface area (Å²) in [6.07, 6.45) is 1.81. The molecule has 0 N–H and O–H groups in total. The summed E-state index contributed by atoms with van der Waals surface area (Å²) in [6, 6.07) is 6.47. The highest BCUT2D eigenvalue weighted by Gasteiger charge is 2.14. The van der Waals surface area contributed by atoms with Gasteiger partial charge in [0.15, 0.2) is 0 Å². The van der Waals surface area contributed by atoms with E-state index in [1.807, 2.05) is 13.1 Å². The van der Waals surface area contributed by atoms with Crippen molar-refractivity contribution in [2.75, 3.05) is 0 Å². The van der Waals surface area contributed by atoms with Gasteiger partial charge in [0.1, 0.15) is 0 Å². The summed E-state index contributed by atoms with van der Waals surface area (Å²) < 4.78 is 4.31. The highest BCUT2D eigenvalue weighted by atomic mass is 15.2. The second-order valence-electron chi connectivity index (χ2n) is 4.47. The van der Waals surface area contributed by atoms with E-state index < -0.39 is 0 Å². The van der Waals surface area contributed by atoms with Crippen molar-refractivity contribution < 1.29 is 0 Å². The molecule has 0 aliphatic heterocycles. The molecule has 0 amide bonds. The van der Waals surface area contributed by atoms with Crippen molar-refractivity contribution >= 4 is 22.9 Å². The molecule has 3 rings (SSSR count). The first-order chi connectivity index (χ1) is 8.13.